The first kappa shape index (κ1) is 15.3. The van der Waals surface area contributed by atoms with Crippen LogP contribution in [0.15, 0.2) is 36.7 Å². The molecular formula is C15H13F3N4O. The highest BCUT2D eigenvalue weighted by Gasteiger charge is 2.33. The van der Waals surface area contributed by atoms with Gasteiger partial charge in [-0.05, 0) is 25.0 Å². The van der Waals surface area contributed by atoms with Crippen molar-refractivity contribution in [2.45, 2.75) is 25.1 Å². The Morgan fingerprint density at radius 2 is 1.91 bits per heavy atom. The fraction of sp³-hybridized carbons (Fsp3) is 0.267. The van der Waals surface area contributed by atoms with Gasteiger partial charge in [-0.15, -0.1) is 0 Å². The number of carbonyl (C=O) groups is 1. The first-order valence-corrected chi connectivity index (χ1v) is 6.99. The second-order valence-electron chi connectivity index (χ2n) is 5.20. The largest absolute Gasteiger partial charge is 0.418 e. The number of alkyl halides is 3. The van der Waals surface area contributed by atoms with Crippen LogP contribution >= 0.6 is 0 Å². The number of anilines is 2. The van der Waals surface area contributed by atoms with Gasteiger partial charge < -0.3 is 10.6 Å². The van der Waals surface area contributed by atoms with E-state index < -0.39 is 11.7 Å². The number of amides is 1. The first-order chi connectivity index (χ1) is 10.9. The van der Waals surface area contributed by atoms with Crippen LogP contribution in [0.3, 0.4) is 0 Å². The standard InChI is InChI=1S/C15H13F3N4O/c16-15(17,18)10-3-1-2-4-11(10)22-13-7-12(19-8-20-13)14(23)21-9-5-6-9/h1-4,7-9H,5-6H2,(H,21,23)(H,19,20,22). The lowest BCUT2D eigenvalue weighted by molar-refractivity contribution is -0.136. The van der Waals surface area contributed by atoms with E-state index in [1.807, 2.05) is 0 Å². The van der Waals surface area contributed by atoms with Crippen LogP contribution in [-0.2, 0) is 6.18 Å². The van der Waals surface area contributed by atoms with Gasteiger partial charge in [0.1, 0.15) is 17.8 Å². The third-order valence-electron chi connectivity index (χ3n) is 3.31. The Kier molecular flexibility index (Phi) is 3.89. The molecule has 1 aromatic heterocycles. The molecule has 1 aliphatic carbocycles. The monoisotopic (exact) mass is 322 g/mol. The molecular weight excluding hydrogens is 309 g/mol. The molecule has 0 aliphatic heterocycles. The fourth-order valence-corrected chi connectivity index (χ4v) is 2.01. The lowest BCUT2D eigenvalue weighted by Crippen LogP contribution is -2.26. The van der Waals surface area contributed by atoms with Crippen LogP contribution in [0.4, 0.5) is 24.7 Å². The highest BCUT2D eigenvalue weighted by atomic mass is 19.4. The molecule has 1 aromatic carbocycles. The minimum atomic E-state index is -4.48. The Morgan fingerprint density at radius 3 is 2.61 bits per heavy atom. The number of rotatable bonds is 4. The third-order valence-corrected chi connectivity index (χ3v) is 3.31. The Balaban J connectivity index is 1.82. The van der Waals surface area contributed by atoms with Gasteiger partial charge in [0.05, 0.1) is 11.3 Å². The summed E-state index contributed by atoms with van der Waals surface area (Å²) in [6.07, 6.45) is -1.48. The highest BCUT2D eigenvalue weighted by molar-refractivity contribution is 5.93. The molecule has 3 rings (SSSR count). The molecule has 0 atom stereocenters. The van der Waals surface area contributed by atoms with E-state index in [1.165, 1.54) is 24.3 Å². The summed E-state index contributed by atoms with van der Waals surface area (Å²) in [4.78, 5) is 19.6. The van der Waals surface area contributed by atoms with Crippen molar-refractivity contribution in [2.24, 2.45) is 0 Å². The third kappa shape index (κ3) is 3.77. The molecule has 5 nitrogen and oxygen atoms in total. The SMILES string of the molecule is O=C(NC1CC1)c1cc(Nc2ccccc2C(F)(F)F)ncn1. The van der Waals surface area contributed by atoms with Crippen LogP contribution < -0.4 is 10.6 Å². The molecule has 23 heavy (non-hydrogen) atoms. The maximum absolute atomic E-state index is 13.0. The van der Waals surface area contributed by atoms with E-state index in [0.29, 0.717) is 0 Å². The number of hydrogen-bond acceptors (Lipinski definition) is 4. The molecule has 0 spiro atoms. The van der Waals surface area contributed by atoms with E-state index in [4.69, 9.17) is 0 Å². The summed E-state index contributed by atoms with van der Waals surface area (Å²) >= 11 is 0. The molecule has 1 saturated carbocycles. The zero-order valence-electron chi connectivity index (χ0n) is 11.9. The molecule has 1 heterocycles. The lowest BCUT2D eigenvalue weighted by Gasteiger charge is -2.14. The summed E-state index contributed by atoms with van der Waals surface area (Å²) in [7, 11) is 0. The predicted octanol–water partition coefficient (Wildman–Crippen LogP) is 3.13. The number of carbonyl (C=O) groups excluding carboxylic acids is 1. The smallest absolute Gasteiger partial charge is 0.348 e. The van der Waals surface area contributed by atoms with Crippen molar-refractivity contribution in [3.05, 3.63) is 47.9 Å². The average molecular weight is 322 g/mol. The molecule has 2 N–H and O–H groups in total. The Hall–Kier alpha value is -2.64. The van der Waals surface area contributed by atoms with Gasteiger partial charge in [-0.3, -0.25) is 4.79 Å². The van der Waals surface area contributed by atoms with Gasteiger partial charge in [0, 0.05) is 12.1 Å². The molecule has 1 aliphatic rings. The van der Waals surface area contributed by atoms with Gasteiger partial charge in [-0.1, -0.05) is 12.1 Å². The van der Waals surface area contributed by atoms with Gasteiger partial charge in [0.2, 0.25) is 0 Å². The van der Waals surface area contributed by atoms with Gasteiger partial charge >= 0.3 is 6.18 Å². The normalized spacial score (nSPS) is 14.4. The van der Waals surface area contributed by atoms with Gasteiger partial charge in [-0.2, -0.15) is 13.2 Å². The van der Waals surface area contributed by atoms with E-state index in [0.717, 1.165) is 25.2 Å². The van der Waals surface area contributed by atoms with Crippen LogP contribution in [0.25, 0.3) is 0 Å². The minimum Gasteiger partial charge on any atom is -0.348 e. The second kappa shape index (κ2) is 5.86. The molecule has 120 valence electrons. The van der Waals surface area contributed by atoms with E-state index in [2.05, 4.69) is 20.6 Å². The molecule has 1 fully saturated rings. The predicted molar refractivity (Wildman–Crippen MR) is 77.2 cm³/mol. The second-order valence-corrected chi connectivity index (χ2v) is 5.20. The van der Waals surface area contributed by atoms with Crippen LogP contribution in [0.2, 0.25) is 0 Å². The molecule has 2 aromatic rings. The minimum absolute atomic E-state index is 0.110. The van der Waals surface area contributed by atoms with E-state index in [1.54, 1.807) is 0 Å². The first-order valence-electron chi connectivity index (χ1n) is 6.99. The number of nitrogens with one attached hydrogen (secondary N) is 2. The lowest BCUT2D eigenvalue weighted by atomic mass is 10.1. The molecule has 0 radical (unpaired) electrons. The van der Waals surface area contributed by atoms with Crippen molar-refractivity contribution >= 4 is 17.4 Å². The summed E-state index contributed by atoms with van der Waals surface area (Å²) in [5, 5.41) is 5.35. The average Bonchev–Trinajstić information content (AvgIpc) is 3.31. The zero-order chi connectivity index (χ0) is 16.4. The number of benzene rings is 1. The summed E-state index contributed by atoms with van der Waals surface area (Å²) in [5.74, 6) is -0.236. The van der Waals surface area contributed by atoms with Gasteiger partial charge in [0.15, 0.2) is 0 Å². The topological polar surface area (TPSA) is 66.9 Å². The Labute approximate surface area is 130 Å². The number of para-hydroxylation sites is 1. The van der Waals surface area contributed by atoms with Crippen LogP contribution in [0, 0.1) is 0 Å². The highest BCUT2D eigenvalue weighted by Crippen LogP contribution is 2.35. The number of hydrogen-bond donors (Lipinski definition) is 2. The Morgan fingerprint density at radius 1 is 1.17 bits per heavy atom. The summed E-state index contributed by atoms with van der Waals surface area (Å²) < 4.78 is 38.9. The molecule has 0 saturated heterocycles. The van der Waals surface area contributed by atoms with Crippen LogP contribution in [0.1, 0.15) is 28.9 Å². The van der Waals surface area contributed by atoms with E-state index in [-0.39, 0.29) is 29.1 Å². The number of halogens is 3. The summed E-state index contributed by atoms with van der Waals surface area (Å²) in [6.45, 7) is 0. The quantitative estimate of drug-likeness (QED) is 0.907. The number of nitrogens with zero attached hydrogens (tertiary/aromatic N) is 2. The number of aromatic nitrogens is 2. The van der Waals surface area contributed by atoms with Gasteiger partial charge in [-0.25, -0.2) is 9.97 Å². The molecule has 1 amide bonds. The van der Waals surface area contributed by atoms with Crippen molar-refractivity contribution in [1.82, 2.24) is 15.3 Å². The van der Waals surface area contributed by atoms with Crippen molar-refractivity contribution in [1.29, 1.82) is 0 Å². The maximum atomic E-state index is 13.0. The van der Waals surface area contributed by atoms with Crippen molar-refractivity contribution in [3.8, 4) is 0 Å². The van der Waals surface area contributed by atoms with Gasteiger partial charge in [0.25, 0.3) is 5.91 Å². The van der Waals surface area contributed by atoms with E-state index >= 15 is 0 Å². The molecule has 8 heteroatoms. The summed E-state index contributed by atoms with van der Waals surface area (Å²) in [6, 6.07) is 6.56. The van der Waals surface area contributed by atoms with Crippen LogP contribution in [0.5, 0.6) is 0 Å². The summed E-state index contributed by atoms with van der Waals surface area (Å²) in [5.41, 5.74) is -0.825. The molecule has 0 bridgehead atoms. The maximum Gasteiger partial charge on any atom is 0.418 e. The van der Waals surface area contributed by atoms with Crippen molar-refractivity contribution in [3.63, 3.8) is 0 Å². The fourth-order valence-electron chi connectivity index (χ4n) is 2.01. The van der Waals surface area contributed by atoms with E-state index in [9.17, 15) is 18.0 Å². The van der Waals surface area contributed by atoms with Crippen molar-refractivity contribution < 1.29 is 18.0 Å². The van der Waals surface area contributed by atoms with Crippen LogP contribution in [-0.4, -0.2) is 21.9 Å². The molecule has 0 unspecified atom stereocenters. The zero-order valence-corrected chi connectivity index (χ0v) is 11.9. The Bertz CT molecular complexity index is 729. The van der Waals surface area contributed by atoms with Crippen molar-refractivity contribution in [2.75, 3.05) is 5.32 Å².